The normalized spacial score (nSPS) is 10.3. The maximum absolute atomic E-state index is 9.52. The van der Waals surface area contributed by atoms with Crippen LogP contribution in [-0.4, -0.2) is 12.1 Å². The SMILES string of the molecule is COc1ccc(-c2cc(-c3ccc(C)cc3C)nc(N)c2C#N)cc1. The Bertz CT molecular complexity index is 970. The molecule has 3 aromatic rings. The van der Waals surface area contributed by atoms with E-state index in [0.717, 1.165) is 33.7 Å². The highest BCUT2D eigenvalue weighted by molar-refractivity contribution is 5.81. The van der Waals surface area contributed by atoms with Crippen molar-refractivity contribution in [2.45, 2.75) is 13.8 Å². The zero-order chi connectivity index (χ0) is 18.0. The zero-order valence-corrected chi connectivity index (χ0v) is 14.5. The molecular formula is C21H19N3O. The van der Waals surface area contributed by atoms with Crippen molar-refractivity contribution in [2.24, 2.45) is 0 Å². The minimum absolute atomic E-state index is 0.241. The molecule has 124 valence electrons. The number of benzene rings is 2. The number of pyridine rings is 1. The van der Waals surface area contributed by atoms with E-state index in [9.17, 15) is 5.26 Å². The summed E-state index contributed by atoms with van der Waals surface area (Å²) in [4.78, 5) is 4.46. The molecule has 0 radical (unpaired) electrons. The van der Waals surface area contributed by atoms with Gasteiger partial charge in [0.1, 0.15) is 23.2 Å². The van der Waals surface area contributed by atoms with E-state index >= 15 is 0 Å². The lowest BCUT2D eigenvalue weighted by Gasteiger charge is -2.12. The van der Waals surface area contributed by atoms with E-state index in [1.165, 1.54) is 5.56 Å². The van der Waals surface area contributed by atoms with Crippen molar-refractivity contribution >= 4 is 5.82 Å². The maximum atomic E-state index is 9.52. The Hall–Kier alpha value is -3.32. The molecule has 0 aliphatic rings. The van der Waals surface area contributed by atoms with Crippen LogP contribution in [0.15, 0.2) is 48.5 Å². The van der Waals surface area contributed by atoms with Crippen molar-refractivity contribution in [3.63, 3.8) is 0 Å². The number of nitrogens with zero attached hydrogens (tertiary/aromatic N) is 2. The third kappa shape index (κ3) is 3.17. The molecule has 25 heavy (non-hydrogen) atoms. The summed E-state index contributed by atoms with van der Waals surface area (Å²) in [5.41, 5.74) is 12.2. The Kier molecular flexibility index (Phi) is 4.40. The highest BCUT2D eigenvalue weighted by Crippen LogP contribution is 2.33. The molecule has 0 aliphatic carbocycles. The summed E-state index contributed by atoms with van der Waals surface area (Å²) in [7, 11) is 1.62. The molecule has 0 saturated heterocycles. The van der Waals surface area contributed by atoms with Crippen LogP contribution in [0.5, 0.6) is 5.75 Å². The molecule has 0 amide bonds. The predicted molar refractivity (Wildman–Crippen MR) is 100 cm³/mol. The van der Waals surface area contributed by atoms with Gasteiger partial charge in [-0.2, -0.15) is 5.26 Å². The average Bonchev–Trinajstić information content (AvgIpc) is 2.61. The van der Waals surface area contributed by atoms with Gasteiger partial charge in [0.2, 0.25) is 0 Å². The number of aromatic nitrogens is 1. The Morgan fingerprint density at radius 2 is 1.72 bits per heavy atom. The fourth-order valence-corrected chi connectivity index (χ4v) is 2.92. The van der Waals surface area contributed by atoms with Gasteiger partial charge in [-0.25, -0.2) is 4.98 Å². The molecule has 0 bridgehead atoms. The molecule has 4 heteroatoms. The van der Waals surface area contributed by atoms with E-state index in [2.05, 4.69) is 24.0 Å². The monoisotopic (exact) mass is 329 g/mol. The van der Waals surface area contributed by atoms with Crippen LogP contribution in [0.3, 0.4) is 0 Å². The van der Waals surface area contributed by atoms with Gasteiger partial charge in [-0.05, 0) is 43.2 Å². The van der Waals surface area contributed by atoms with Crippen molar-refractivity contribution < 1.29 is 4.74 Å². The van der Waals surface area contributed by atoms with E-state index in [-0.39, 0.29) is 5.82 Å². The van der Waals surface area contributed by atoms with Crippen LogP contribution in [0.2, 0.25) is 0 Å². The lowest BCUT2D eigenvalue weighted by atomic mass is 9.96. The van der Waals surface area contributed by atoms with Crippen LogP contribution in [0.4, 0.5) is 5.82 Å². The van der Waals surface area contributed by atoms with Crippen LogP contribution in [-0.2, 0) is 0 Å². The molecule has 0 fully saturated rings. The molecule has 2 aromatic carbocycles. The summed E-state index contributed by atoms with van der Waals surface area (Å²) < 4.78 is 5.20. The lowest BCUT2D eigenvalue weighted by Crippen LogP contribution is -2.00. The summed E-state index contributed by atoms with van der Waals surface area (Å²) in [6, 6.07) is 17.9. The molecule has 1 aromatic heterocycles. The minimum atomic E-state index is 0.241. The Balaban J connectivity index is 2.20. The van der Waals surface area contributed by atoms with Gasteiger partial charge in [0.25, 0.3) is 0 Å². The number of nitrogens with two attached hydrogens (primary N) is 1. The van der Waals surface area contributed by atoms with Gasteiger partial charge in [-0.1, -0.05) is 35.9 Å². The molecular weight excluding hydrogens is 310 g/mol. The first-order chi connectivity index (χ1) is 12.0. The summed E-state index contributed by atoms with van der Waals surface area (Å²) >= 11 is 0. The van der Waals surface area contributed by atoms with Gasteiger partial charge in [0.15, 0.2) is 0 Å². The van der Waals surface area contributed by atoms with Crippen LogP contribution in [0.25, 0.3) is 22.4 Å². The summed E-state index contributed by atoms with van der Waals surface area (Å²) in [5, 5.41) is 9.52. The quantitative estimate of drug-likeness (QED) is 0.768. The minimum Gasteiger partial charge on any atom is -0.497 e. The molecule has 0 atom stereocenters. The molecule has 2 N–H and O–H groups in total. The van der Waals surface area contributed by atoms with Gasteiger partial charge in [-0.15, -0.1) is 0 Å². The number of rotatable bonds is 3. The standard InChI is InChI=1S/C21H19N3O/c1-13-4-9-17(14(2)10-13)20-11-18(19(12-22)21(23)24-20)15-5-7-16(25-3)8-6-15/h4-11H,1-3H3,(H2,23,24). The molecule has 4 nitrogen and oxygen atoms in total. The first-order valence-corrected chi connectivity index (χ1v) is 7.96. The van der Waals surface area contributed by atoms with Gasteiger partial charge < -0.3 is 10.5 Å². The van der Waals surface area contributed by atoms with Crippen LogP contribution < -0.4 is 10.5 Å². The molecule has 3 rings (SSSR count). The number of anilines is 1. The van der Waals surface area contributed by atoms with Crippen molar-refractivity contribution in [3.8, 4) is 34.2 Å². The highest BCUT2D eigenvalue weighted by Gasteiger charge is 2.14. The zero-order valence-electron chi connectivity index (χ0n) is 14.5. The third-order valence-corrected chi connectivity index (χ3v) is 4.22. The second-order valence-corrected chi connectivity index (χ2v) is 5.97. The number of aryl methyl sites for hydroxylation is 2. The van der Waals surface area contributed by atoms with Crippen LogP contribution in [0.1, 0.15) is 16.7 Å². The summed E-state index contributed by atoms with van der Waals surface area (Å²) in [6.45, 7) is 4.10. The fourth-order valence-electron chi connectivity index (χ4n) is 2.92. The topological polar surface area (TPSA) is 71.9 Å². The molecule has 0 saturated carbocycles. The van der Waals surface area contributed by atoms with E-state index in [4.69, 9.17) is 10.5 Å². The van der Waals surface area contributed by atoms with Gasteiger partial charge in [0, 0.05) is 11.1 Å². The summed E-state index contributed by atoms with van der Waals surface area (Å²) in [6.07, 6.45) is 0. The maximum Gasteiger partial charge on any atom is 0.142 e. The van der Waals surface area contributed by atoms with E-state index in [0.29, 0.717) is 5.56 Å². The van der Waals surface area contributed by atoms with Gasteiger partial charge >= 0.3 is 0 Å². The van der Waals surface area contributed by atoms with Crippen molar-refractivity contribution in [2.75, 3.05) is 12.8 Å². The fraction of sp³-hybridized carbons (Fsp3) is 0.143. The largest absolute Gasteiger partial charge is 0.497 e. The second-order valence-electron chi connectivity index (χ2n) is 5.97. The predicted octanol–water partition coefficient (Wildman–Crippen LogP) is 4.49. The third-order valence-electron chi connectivity index (χ3n) is 4.22. The van der Waals surface area contributed by atoms with Crippen molar-refractivity contribution in [1.29, 1.82) is 5.26 Å². The molecule has 0 spiro atoms. The van der Waals surface area contributed by atoms with Crippen LogP contribution in [0, 0.1) is 25.2 Å². The molecule has 0 aliphatic heterocycles. The van der Waals surface area contributed by atoms with E-state index < -0.39 is 0 Å². The molecule has 1 heterocycles. The second kappa shape index (κ2) is 6.66. The average molecular weight is 329 g/mol. The highest BCUT2D eigenvalue weighted by atomic mass is 16.5. The van der Waals surface area contributed by atoms with E-state index in [1.54, 1.807) is 7.11 Å². The summed E-state index contributed by atoms with van der Waals surface area (Å²) in [5.74, 6) is 1.00. The number of hydrogen-bond donors (Lipinski definition) is 1. The van der Waals surface area contributed by atoms with Gasteiger partial charge in [0.05, 0.1) is 12.8 Å². The number of nitrogen functional groups attached to an aromatic ring is 1. The number of methoxy groups -OCH3 is 1. The Morgan fingerprint density at radius 1 is 1.00 bits per heavy atom. The number of hydrogen-bond acceptors (Lipinski definition) is 4. The van der Waals surface area contributed by atoms with Crippen molar-refractivity contribution in [1.82, 2.24) is 4.98 Å². The van der Waals surface area contributed by atoms with E-state index in [1.807, 2.05) is 49.4 Å². The van der Waals surface area contributed by atoms with Crippen LogP contribution >= 0.6 is 0 Å². The first kappa shape index (κ1) is 16.5. The first-order valence-electron chi connectivity index (χ1n) is 7.96. The molecule has 0 unspecified atom stereocenters. The number of ether oxygens (including phenoxy) is 1. The Labute approximate surface area is 147 Å². The smallest absolute Gasteiger partial charge is 0.142 e. The number of nitriles is 1. The van der Waals surface area contributed by atoms with Crippen molar-refractivity contribution in [3.05, 3.63) is 65.2 Å². The van der Waals surface area contributed by atoms with Gasteiger partial charge in [-0.3, -0.25) is 0 Å². The Morgan fingerprint density at radius 3 is 2.32 bits per heavy atom. The lowest BCUT2D eigenvalue weighted by molar-refractivity contribution is 0.415.